The molecule has 3 atom stereocenters. The Morgan fingerprint density at radius 1 is 1.12 bits per heavy atom. The lowest BCUT2D eigenvalue weighted by Crippen LogP contribution is -2.48. The third-order valence-electron chi connectivity index (χ3n) is 6.22. The molecule has 0 saturated heterocycles. The number of hydrogen-bond acceptors (Lipinski definition) is 4. The summed E-state index contributed by atoms with van der Waals surface area (Å²) in [5.74, 6) is 2.69. The van der Waals surface area contributed by atoms with E-state index in [1.165, 1.54) is 22.4 Å². The Morgan fingerprint density at radius 2 is 1.96 bits per heavy atom. The largest absolute Gasteiger partial charge is 0.361 e. The molecule has 0 aliphatic heterocycles. The van der Waals surface area contributed by atoms with Crippen molar-refractivity contribution in [1.82, 2.24) is 15.1 Å². The highest BCUT2D eigenvalue weighted by Crippen LogP contribution is 2.56. The minimum absolute atomic E-state index is 0.124. The van der Waals surface area contributed by atoms with Gasteiger partial charge in [-0.3, -0.25) is 0 Å². The highest BCUT2D eigenvalue weighted by Gasteiger charge is 2.53. The predicted octanol–water partition coefficient (Wildman–Crippen LogP) is 3.98. The SMILES string of the molecule is Cc1ncc2c(n1)C1(c3ccccc3)Cc3cnoc3C(C)C1CC2. The Bertz CT molecular complexity index is 933. The van der Waals surface area contributed by atoms with Gasteiger partial charge >= 0.3 is 0 Å². The third-order valence-corrected chi connectivity index (χ3v) is 6.22. The van der Waals surface area contributed by atoms with Crippen LogP contribution < -0.4 is 0 Å². The van der Waals surface area contributed by atoms with E-state index in [1.54, 1.807) is 0 Å². The monoisotopic (exact) mass is 331 g/mol. The summed E-state index contributed by atoms with van der Waals surface area (Å²) < 4.78 is 5.63. The lowest BCUT2D eigenvalue weighted by atomic mass is 9.53. The number of fused-ring (bicyclic) bond motifs is 4. The fraction of sp³-hybridized carbons (Fsp3) is 0.381. The average molecular weight is 331 g/mol. The summed E-state index contributed by atoms with van der Waals surface area (Å²) in [5, 5.41) is 4.10. The zero-order chi connectivity index (χ0) is 17.0. The first-order valence-corrected chi connectivity index (χ1v) is 9.02. The molecule has 4 nitrogen and oxygen atoms in total. The molecule has 0 saturated carbocycles. The van der Waals surface area contributed by atoms with Gasteiger partial charge in [-0.2, -0.15) is 0 Å². The number of benzene rings is 1. The van der Waals surface area contributed by atoms with Crippen LogP contribution in [0.3, 0.4) is 0 Å². The Hall–Kier alpha value is -2.49. The Kier molecular flexibility index (Phi) is 3.11. The predicted molar refractivity (Wildman–Crippen MR) is 94.4 cm³/mol. The summed E-state index contributed by atoms with van der Waals surface area (Å²) >= 11 is 0. The van der Waals surface area contributed by atoms with Crippen LogP contribution in [0, 0.1) is 12.8 Å². The van der Waals surface area contributed by atoms with Crippen LogP contribution in [0.5, 0.6) is 0 Å². The fourth-order valence-corrected chi connectivity index (χ4v) is 5.14. The maximum absolute atomic E-state index is 5.63. The van der Waals surface area contributed by atoms with E-state index in [9.17, 15) is 0 Å². The number of rotatable bonds is 1. The molecule has 0 fully saturated rings. The zero-order valence-electron chi connectivity index (χ0n) is 14.6. The van der Waals surface area contributed by atoms with Crippen molar-refractivity contribution in [2.24, 2.45) is 5.92 Å². The molecule has 5 rings (SSSR count). The molecule has 126 valence electrons. The van der Waals surface area contributed by atoms with Crippen molar-refractivity contribution in [3.63, 3.8) is 0 Å². The molecule has 25 heavy (non-hydrogen) atoms. The lowest BCUT2D eigenvalue weighted by Gasteiger charge is -2.49. The van der Waals surface area contributed by atoms with Crippen molar-refractivity contribution in [3.8, 4) is 0 Å². The molecule has 0 N–H and O–H groups in total. The molecule has 0 radical (unpaired) electrons. The van der Waals surface area contributed by atoms with E-state index in [4.69, 9.17) is 9.51 Å². The van der Waals surface area contributed by atoms with Crippen molar-refractivity contribution in [2.75, 3.05) is 0 Å². The van der Waals surface area contributed by atoms with Crippen molar-refractivity contribution in [2.45, 2.75) is 44.4 Å². The maximum atomic E-state index is 5.63. The Labute approximate surface area is 147 Å². The van der Waals surface area contributed by atoms with Crippen LogP contribution >= 0.6 is 0 Å². The van der Waals surface area contributed by atoms with Gasteiger partial charge < -0.3 is 4.52 Å². The molecular formula is C21H21N3O. The molecular weight excluding hydrogens is 310 g/mol. The zero-order valence-corrected chi connectivity index (χ0v) is 14.6. The van der Waals surface area contributed by atoms with Gasteiger partial charge in [0.1, 0.15) is 11.6 Å². The van der Waals surface area contributed by atoms with Crippen LogP contribution in [0.25, 0.3) is 0 Å². The molecule has 3 unspecified atom stereocenters. The van der Waals surface area contributed by atoms with E-state index in [2.05, 4.69) is 47.4 Å². The van der Waals surface area contributed by atoms with Crippen LogP contribution in [0.4, 0.5) is 0 Å². The van der Waals surface area contributed by atoms with Crippen LogP contribution in [-0.2, 0) is 18.3 Å². The molecule has 0 bridgehead atoms. The maximum Gasteiger partial charge on any atom is 0.143 e. The quantitative estimate of drug-likeness (QED) is 0.677. The lowest BCUT2D eigenvalue weighted by molar-refractivity contribution is 0.188. The normalized spacial score (nSPS) is 27.3. The number of hydrogen-bond donors (Lipinski definition) is 0. The summed E-state index contributed by atoms with van der Waals surface area (Å²) in [4.78, 5) is 9.44. The molecule has 3 aromatic rings. The Balaban J connectivity index is 1.83. The molecule has 2 aliphatic carbocycles. The second-order valence-corrected chi connectivity index (χ2v) is 7.45. The van der Waals surface area contributed by atoms with Gasteiger partial charge in [0.15, 0.2) is 0 Å². The molecule has 2 aliphatic rings. The molecule has 0 amide bonds. The van der Waals surface area contributed by atoms with Gasteiger partial charge in [-0.1, -0.05) is 42.4 Å². The minimum Gasteiger partial charge on any atom is -0.361 e. The van der Waals surface area contributed by atoms with Crippen molar-refractivity contribution >= 4 is 0 Å². The summed E-state index contributed by atoms with van der Waals surface area (Å²) in [7, 11) is 0. The van der Waals surface area contributed by atoms with Crippen molar-refractivity contribution in [3.05, 3.63) is 76.7 Å². The fourth-order valence-electron chi connectivity index (χ4n) is 5.14. The number of nitrogens with zero attached hydrogens (tertiary/aromatic N) is 3. The van der Waals surface area contributed by atoms with Gasteiger partial charge in [0.05, 0.1) is 11.9 Å². The second kappa shape index (κ2) is 5.25. The summed E-state index contributed by atoms with van der Waals surface area (Å²) in [6.07, 6.45) is 6.98. The molecule has 2 aromatic heterocycles. The van der Waals surface area contributed by atoms with E-state index >= 15 is 0 Å². The van der Waals surface area contributed by atoms with E-state index in [-0.39, 0.29) is 5.41 Å². The standard InChI is InChI=1S/C21H21N3O/c1-13-18-9-8-15-11-22-14(2)24-20(15)21(18,17-6-4-3-5-7-17)10-16-12-23-25-19(13)16/h3-7,11-13,18H,8-10H2,1-2H3. The topological polar surface area (TPSA) is 51.8 Å². The molecule has 0 spiro atoms. The van der Waals surface area contributed by atoms with Crippen LogP contribution in [0.1, 0.15) is 53.2 Å². The molecule has 4 heteroatoms. The third kappa shape index (κ3) is 1.97. The van der Waals surface area contributed by atoms with E-state index in [0.717, 1.165) is 30.8 Å². The van der Waals surface area contributed by atoms with Gasteiger partial charge in [0, 0.05) is 23.1 Å². The highest BCUT2D eigenvalue weighted by molar-refractivity contribution is 5.48. The summed E-state index contributed by atoms with van der Waals surface area (Å²) in [6, 6.07) is 10.9. The van der Waals surface area contributed by atoms with Gasteiger partial charge in [-0.15, -0.1) is 0 Å². The van der Waals surface area contributed by atoms with Gasteiger partial charge in [0.25, 0.3) is 0 Å². The summed E-state index contributed by atoms with van der Waals surface area (Å²) in [5.41, 5.74) is 4.94. The highest BCUT2D eigenvalue weighted by atomic mass is 16.5. The van der Waals surface area contributed by atoms with Gasteiger partial charge in [-0.05, 0) is 43.2 Å². The first-order valence-electron chi connectivity index (χ1n) is 9.02. The van der Waals surface area contributed by atoms with Crippen LogP contribution in [0.15, 0.2) is 47.2 Å². The van der Waals surface area contributed by atoms with E-state index in [0.29, 0.717) is 11.8 Å². The van der Waals surface area contributed by atoms with E-state index < -0.39 is 0 Å². The van der Waals surface area contributed by atoms with E-state index in [1.807, 2.05) is 19.3 Å². The van der Waals surface area contributed by atoms with Crippen LogP contribution in [-0.4, -0.2) is 15.1 Å². The van der Waals surface area contributed by atoms with Crippen molar-refractivity contribution < 1.29 is 4.52 Å². The minimum atomic E-state index is -0.124. The second-order valence-electron chi connectivity index (χ2n) is 7.45. The molecule has 1 aromatic carbocycles. The Morgan fingerprint density at radius 3 is 2.80 bits per heavy atom. The van der Waals surface area contributed by atoms with Crippen molar-refractivity contribution in [1.29, 1.82) is 0 Å². The first kappa shape index (κ1) is 14.8. The van der Waals surface area contributed by atoms with Crippen LogP contribution in [0.2, 0.25) is 0 Å². The number of aromatic nitrogens is 3. The summed E-state index contributed by atoms with van der Waals surface area (Å²) in [6.45, 7) is 4.27. The molecule has 2 heterocycles. The smallest absolute Gasteiger partial charge is 0.143 e. The number of aryl methyl sites for hydroxylation is 2. The average Bonchev–Trinajstić information content (AvgIpc) is 3.11. The first-order chi connectivity index (χ1) is 12.2. The van der Waals surface area contributed by atoms with Gasteiger partial charge in [-0.25, -0.2) is 9.97 Å². The van der Waals surface area contributed by atoms with Gasteiger partial charge in [0.2, 0.25) is 0 Å².